The molecule has 0 radical (unpaired) electrons. The molecule has 2 rings (SSSR count). The van der Waals surface area contributed by atoms with Crippen molar-refractivity contribution in [3.8, 4) is 0 Å². The van der Waals surface area contributed by atoms with Crippen molar-refractivity contribution in [1.29, 1.82) is 0 Å². The summed E-state index contributed by atoms with van der Waals surface area (Å²) in [6.07, 6.45) is 1.05. The molecule has 0 aromatic carbocycles. The Labute approximate surface area is 142 Å². The minimum absolute atomic E-state index is 0. The SMILES string of the molecule is CN(C)Cc1cn(C[C@H]2C[C@@H](NS(C)(=O)=O)[C@H](O)[C@@H]2O)nn1.Cl. The molecule has 1 aromatic rings. The molecule has 134 valence electrons. The second-order valence-electron chi connectivity index (χ2n) is 6.14. The van der Waals surface area contributed by atoms with Gasteiger partial charge in [-0.05, 0) is 20.5 Å². The number of halogens is 1. The Hall–Kier alpha value is -0.780. The van der Waals surface area contributed by atoms with Crippen LogP contribution in [0.15, 0.2) is 6.20 Å². The lowest BCUT2D eigenvalue weighted by Gasteiger charge is -2.17. The van der Waals surface area contributed by atoms with Crippen LogP contribution in [0.2, 0.25) is 0 Å². The second-order valence-corrected chi connectivity index (χ2v) is 7.92. The van der Waals surface area contributed by atoms with Crippen LogP contribution >= 0.6 is 12.4 Å². The third-order valence-corrected chi connectivity index (χ3v) is 4.38. The highest BCUT2D eigenvalue weighted by molar-refractivity contribution is 7.88. The third-order valence-electron chi connectivity index (χ3n) is 3.65. The molecule has 0 spiro atoms. The van der Waals surface area contributed by atoms with Crippen molar-refractivity contribution < 1.29 is 18.6 Å². The predicted octanol–water partition coefficient (Wildman–Crippen LogP) is -1.58. The maximum absolute atomic E-state index is 11.3. The lowest BCUT2D eigenvalue weighted by molar-refractivity contribution is 0.00974. The number of rotatable bonds is 6. The quantitative estimate of drug-likeness (QED) is 0.553. The monoisotopic (exact) mass is 369 g/mol. The van der Waals surface area contributed by atoms with E-state index in [-0.39, 0.29) is 18.3 Å². The molecule has 1 aromatic heterocycles. The molecule has 1 saturated carbocycles. The van der Waals surface area contributed by atoms with Crippen molar-refractivity contribution in [2.24, 2.45) is 5.92 Å². The van der Waals surface area contributed by atoms with E-state index in [1.165, 1.54) is 0 Å². The van der Waals surface area contributed by atoms with Crippen LogP contribution in [0.5, 0.6) is 0 Å². The van der Waals surface area contributed by atoms with Gasteiger partial charge in [-0.25, -0.2) is 13.1 Å². The number of hydrogen-bond donors (Lipinski definition) is 3. The van der Waals surface area contributed by atoms with Crippen LogP contribution in [0.1, 0.15) is 12.1 Å². The largest absolute Gasteiger partial charge is 0.390 e. The van der Waals surface area contributed by atoms with Crippen molar-refractivity contribution in [1.82, 2.24) is 24.6 Å². The van der Waals surface area contributed by atoms with Crippen LogP contribution in [-0.2, 0) is 23.1 Å². The molecule has 0 bridgehead atoms. The normalized spacial score (nSPS) is 28.1. The smallest absolute Gasteiger partial charge is 0.209 e. The Morgan fingerprint density at radius 1 is 1.39 bits per heavy atom. The van der Waals surface area contributed by atoms with E-state index in [0.29, 0.717) is 19.5 Å². The first kappa shape index (κ1) is 20.3. The van der Waals surface area contributed by atoms with Crippen LogP contribution < -0.4 is 4.72 Å². The molecule has 1 aliphatic carbocycles. The lowest BCUT2D eigenvalue weighted by atomic mass is 10.1. The Bertz CT molecular complexity index is 608. The van der Waals surface area contributed by atoms with Crippen LogP contribution in [0, 0.1) is 5.92 Å². The van der Waals surface area contributed by atoms with Gasteiger partial charge in [0, 0.05) is 25.2 Å². The van der Waals surface area contributed by atoms with Crippen LogP contribution in [0.4, 0.5) is 0 Å². The fourth-order valence-corrected chi connectivity index (χ4v) is 3.55. The van der Waals surface area contributed by atoms with Gasteiger partial charge in [0.1, 0.15) is 0 Å². The van der Waals surface area contributed by atoms with E-state index in [1.807, 2.05) is 19.0 Å². The highest BCUT2D eigenvalue weighted by atomic mass is 35.5. The second kappa shape index (κ2) is 7.86. The first-order chi connectivity index (χ1) is 10.2. The molecule has 0 unspecified atom stereocenters. The number of nitrogens with zero attached hydrogens (tertiary/aromatic N) is 4. The first-order valence-electron chi connectivity index (χ1n) is 7.03. The Kier molecular flexibility index (Phi) is 6.93. The van der Waals surface area contributed by atoms with E-state index in [0.717, 1.165) is 11.9 Å². The lowest BCUT2D eigenvalue weighted by Crippen LogP contribution is -2.42. The number of aromatic nitrogens is 3. The Balaban J connectivity index is 0.00000264. The molecule has 0 aliphatic heterocycles. The number of hydrogen-bond acceptors (Lipinski definition) is 7. The summed E-state index contributed by atoms with van der Waals surface area (Å²) in [6, 6.07) is -0.681. The fourth-order valence-electron chi connectivity index (χ4n) is 2.76. The van der Waals surface area contributed by atoms with Crippen molar-refractivity contribution in [3.63, 3.8) is 0 Å². The van der Waals surface area contributed by atoms with Crippen molar-refractivity contribution in [2.45, 2.75) is 37.8 Å². The van der Waals surface area contributed by atoms with Gasteiger partial charge in [0.05, 0.1) is 30.2 Å². The van der Waals surface area contributed by atoms with Gasteiger partial charge in [-0.3, -0.25) is 4.68 Å². The fraction of sp³-hybridized carbons (Fsp3) is 0.833. The van der Waals surface area contributed by atoms with Gasteiger partial charge < -0.3 is 15.1 Å². The first-order valence-corrected chi connectivity index (χ1v) is 8.92. The van der Waals surface area contributed by atoms with Gasteiger partial charge in [0.2, 0.25) is 10.0 Å². The summed E-state index contributed by atoms with van der Waals surface area (Å²) in [6.45, 7) is 1.04. The van der Waals surface area contributed by atoms with E-state index in [1.54, 1.807) is 10.9 Å². The van der Waals surface area contributed by atoms with Gasteiger partial charge in [-0.15, -0.1) is 17.5 Å². The molecule has 9 nitrogen and oxygen atoms in total. The van der Waals surface area contributed by atoms with E-state index >= 15 is 0 Å². The Morgan fingerprint density at radius 3 is 2.61 bits per heavy atom. The Morgan fingerprint density at radius 2 is 2.04 bits per heavy atom. The molecule has 0 amide bonds. The molecule has 11 heteroatoms. The zero-order chi connectivity index (χ0) is 16.5. The number of sulfonamides is 1. The summed E-state index contributed by atoms with van der Waals surface area (Å²) < 4.78 is 26.5. The van der Waals surface area contributed by atoms with Gasteiger partial charge in [0.25, 0.3) is 0 Å². The zero-order valence-corrected chi connectivity index (χ0v) is 15.0. The van der Waals surface area contributed by atoms with Crippen LogP contribution in [0.3, 0.4) is 0 Å². The third kappa shape index (κ3) is 5.66. The number of nitrogens with one attached hydrogen (secondary N) is 1. The summed E-state index contributed by atoms with van der Waals surface area (Å²) >= 11 is 0. The molecule has 3 N–H and O–H groups in total. The maximum Gasteiger partial charge on any atom is 0.209 e. The summed E-state index contributed by atoms with van der Waals surface area (Å²) in [4.78, 5) is 1.97. The van der Waals surface area contributed by atoms with Gasteiger partial charge in [0.15, 0.2) is 0 Å². The van der Waals surface area contributed by atoms with Gasteiger partial charge in [-0.2, -0.15) is 0 Å². The molecule has 1 aliphatic rings. The average molecular weight is 370 g/mol. The van der Waals surface area contributed by atoms with E-state index < -0.39 is 28.3 Å². The molecule has 1 heterocycles. The van der Waals surface area contributed by atoms with Crippen molar-refractivity contribution in [2.75, 3.05) is 20.4 Å². The van der Waals surface area contributed by atoms with E-state index in [2.05, 4.69) is 15.0 Å². The highest BCUT2D eigenvalue weighted by Gasteiger charge is 2.42. The highest BCUT2D eigenvalue weighted by Crippen LogP contribution is 2.28. The molecular weight excluding hydrogens is 346 g/mol. The van der Waals surface area contributed by atoms with Crippen molar-refractivity contribution >= 4 is 22.4 Å². The average Bonchev–Trinajstić information content (AvgIpc) is 2.89. The topological polar surface area (TPSA) is 121 Å². The summed E-state index contributed by atoms with van der Waals surface area (Å²) in [5.41, 5.74) is 0.809. The standard InChI is InChI=1S/C12H23N5O4S.ClH/c1-16(2)6-9-7-17(15-13-9)5-8-4-10(12(19)11(8)18)14-22(3,20)21;/h7-8,10-12,14,18-19H,4-6H2,1-3H3;1H/t8-,10-,11-,12+;/m1./s1. The van der Waals surface area contributed by atoms with Gasteiger partial charge in [-0.1, -0.05) is 5.21 Å². The maximum atomic E-state index is 11.3. The molecular formula is C12H24ClN5O4S. The van der Waals surface area contributed by atoms with Crippen LogP contribution in [-0.4, -0.2) is 77.1 Å². The molecule has 0 saturated heterocycles. The number of aliphatic hydroxyl groups is 2. The summed E-state index contributed by atoms with van der Waals surface area (Å²) in [5, 5.41) is 28.1. The van der Waals surface area contributed by atoms with Crippen molar-refractivity contribution in [3.05, 3.63) is 11.9 Å². The van der Waals surface area contributed by atoms with Gasteiger partial charge >= 0.3 is 0 Å². The van der Waals surface area contributed by atoms with Crippen LogP contribution in [0.25, 0.3) is 0 Å². The minimum Gasteiger partial charge on any atom is -0.390 e. The minimum atomic E-state index is -3.43. The molecule has 4 atom stereocenters. The van der Waals surface area contributed by atoms with E-state index in [9.17, 15) is 18.6 Å². The number of aliphatic hydroxyl groups excluding tert-OH is 2. The zero-order valence-electron chi connectivity index (χ0n) is 13.3. The molecule has 1 fully saturated rings. The summed E-state index contributed by atoms with van der Waals surface area (Å²) in [5.74, 6) is -0.289. The summed E-state index contributed by atoms with van der Waals surface area (Å²) in [7, 11) is 0.425. The predicted molar refractivity (Wildman–Crippen MR) is 86.5 cm³/mol. The molecule has 23 heavy (non-hydrogen) atoms. The van der Waals surface area contributed by atoms with E-state index in [4.69, 9.17) is 0 Å².